The molecule has 24 heavy (non-hydrogen) atoms. The molecule has 0 bridgehead atoms. The van der Waals surface area contributed by atoms with Crippen LogP contribution in [-0.2, 0) is 14.8 Å². The van der Waals surface area contributed by atoms with Gasteiger partial charge in [-0.3, -0.25) is 4.79 Å². The average Bonchev–Trinajstić information content (AvgIpc) is 2.49. The third kappa shape index (κ3) is 5.47. The first-order valence-corrected chi connectivity index (χ1v) is 9.38. The zero-order valence-electron chi connectivity index (χ0n) is 12.7. The van der Waals surface area contributed by atoms with Crippen LogP contribution < -0.4 is 5.32 Å². The van der Waals surface area contributed by atoms with E-state index < -0.39 is 16.0 Å². The van der Waals surface area contributed by atoms with E-state index in [1.165, 1.54) is 22.5 Å². The Morgan fingerprint density at radius 3 is 2.75 bits per heavy atom. The first-order valence-electron chi connectivity index (χ1n) is 7.18. The van der Waals surface area contributed by atoms with Crippen LogP contribution in [-0.4, -0.2) is 50.0 Å². The Labute approximate surface area is 157 Å². The van der Waals surface area contributed by atoms with Gasteiger partial charge in [0.15, 0.2) is 0 Å². The van der Waals surface area contributed by atoms with Crippen LogP contribution in [0.1, 0.15) is 12.8 Å². The molecule has 0 radical (unpaired) electrons. The van der Waals surface area contributed by atoms with Crippen LogP contribution in [0.3, 0.4) is 0 Å². The highest BCUT2D eigenvalue weighted by atomic mass is 35.5. The average molecular weight is 418 g/mol. The van der Waals surface area contributed by atoms with E-state index in [4.69, 9.17) is 28.3 Å². The summed E-state index contributed by atoms with van der Waals surface area (Å²) in [6, 6.07) is 4.36. The maximum absolute atomic E-state index is 12.8. The third-order valence-electron chi connectivity index (χ3n) is 3.70. The fourth-order valence-corrected chi connectivity index (χ4v) is 4.90. The van der Waals surface area contributed by atoms with Crippen molar-refractivity contribution in [3.63, 3.8) is 0 Å². The van der Waals surface area contributed by atoms with Crippen molar-refractivity contribution in [1.82, 2.24) is 9.62 Å². The van der Waals surface area contributed by atoms with E-state index in [9.17, 15) is 13.2 Å². The smallest absolute Gasteiger partial charge is 0.317 e. The van der Waals surface area contributed by atoms with Crippen molar-refractivity contribution >= 4 is 51.6 Å². The van der Waals surface area contributed by atoms with Gasteiger partial charge in [0.2, 0.25) is 10.0 Å². The van der Waals surface area contributed by atoms with Gasteiger partial charge in [0.1, 0.15) is 4.90 Å². The van der Waals surface area contributed by atoms with E-state index in [0.717, 1.165) is 12.8 Å². The Balaban J connectivity index is 0.00000288. The van der Waals surface area contributed by atoms with Gasteiger partial charge in [0.25, 0.3) is 0 Å². The summed E-state index contributed by atoms with van der Waals surface area (Å²) in [6.45, 7) is 1.07. The highest BCUT2D eigenvalue weighted by molar-refractivity contribution is 7.89. The summed E-state index contributed by atoms with van der Waals surface area (Å²) >= 11 is 11.9. The van der Waals surface area contributed by atoms with Gasteiger partial charge in [-0.1, -0.05) is 23.2 Å². The topological polar surface area (TPSA) is 86.7 Å². The lowest BCUT2D eigenvalue weighted by Gasteiger charge is -2.32. The summed E-state index contributed by atoms with van der Waals surface area (Å²) in [7, 11) is -3.72. The molecule has 1 fully saturated rings. The lowest BCUT2D eigenvalue weighted by Crippen LogP contribution is -2.43. The lowest BCUT2D eigenvalue weighted by molar-refractivity contribution is -0.136. The Morgan fingerprint density at radius 1 is 1.38 bits per heavy atom. The molecule has 2 N–H and O–H groups in total. The minimum atomic E-state index is -3.72. The molecule has 1 atom stereocenters. The molecule has 0 aliphatic carbocycles. The SMILES string of the molecule is Cl.O=C(O)CNCC1CCCN(S(=O)(=O)c2cc(Cl)ccc2Cl)C1. The van der Waals surface area contributed by atoms with Crippen molar-refractivity contribution in [3.8, 4) is 0 Å². The first-order chi connectivity index (χ1) is 10.8. The molecule has 6 nitrogen and oxygen atoms in total. The number of hydrogen-bond donors (Lipinski definition) is 2. The minimum Gasteiger partial charge on any atom is -0.480 e. The minimum absolute atomic E-state index is 0. The molecule has 0 spiro atoms. The predicted molar refractivity (Wildman–Crippen MR) is 95.7 cm³/mol. The van der Waals surface area contributed by atoms with Gasteiger partial charge < -0.3 is 10.4 Å². The Hall–Kier alpha value is -0.570. The number of halogens is 3. The monoisotopic (exact) mass is 416 g/mol. The molecule has 0 amide bonds. The predicted octanol–water partition coefficient (Wildman–Crippen LogP) is 2.49. The third-order valence-corrected chi connectivity index (χ3v) is 6.28. The zero-order chi connectivity index (χ0) is 17.0. The van der Waals surface area contributed by atoms with Gasteiger partial charge in [0, 0.05) is 18.1 Å². The molecule has 0 saturated carbocycles. The second kappa shape index (κ2) is 9.22. The van der Waals surface area contributed by atoms with Crippen molar-refractivity contribution in [2.24, 2.45) is 5.92 Å². The van der Waals surface area contributed by atoms with Crippen LogP contribution in [0.25, 0.3) is 0 Å². The standard InChI is InChI=1S/C14H18Cl2N2O4S.ClH/c15-11-3-4-12(16)13(6-11)23(21,22)18-5-1-2-10(9-18)7-17-8-14(19)20;/h3-4,6,10,17H,1-2,5,7-9H2,(H,19,20);1H. The normalized spacial score (nSPS) is 18.8. The van der Waals surface area contributed by atoms with Crippen LogP contribution in [0, 0.1) is 5.92 Å². The Bertz CT molecular complexity index is 685. The zero-order valence-corrected chi connectivity index (χ0v) is 15.9. The highest BCUT2D eigenvalue weighted by Gasteiger charge is 2.31. The molecule has 1 saturated heterocycles. The molecule has 0 aromatic heterocycles. The number of nitrogens with zero attached hydrogens (tertiary/aromatic N) is 1. The Kier molecular flexibility index (Phi) is 8.25. The number of aliphatic carboxylic acids is 1. The van der Waals surface area contributed by atoms with E-state index in [2.05, 4.69) is 5.32 Å². The van der Waals surface area contributed by atoms with E-state index in [-0.39, 0.29) is 34.8 Å². The molecular weight excluding hydrogens is 399 g/mol. The Morgan fingerprint density at radius 2 is 2.08 bits per heavy atom. The highest BCUT2D eigenvalue weighted by Crippen LogP contribution is 2.30. The van der Waals surface area contributed by atoms with Gasteiger partial charge in [-0.15, -0.1) is 12.4 Å². The molecule has 10 heteroatoms. The maximum Gasteiger partial charge on any atom is 0.317 e. The first kappa shape index (κ1) is 21.5. The van der Waals surface area contributed by atoms with Gasteiger partial charge in [0.05, 0.1) is 11.6 Å². The van der Waals surface area contributed by atoms with E-state index >= 15 is 0 Å². The molecule has 1 aromatic rings. The maximum atomic E-state index is 12.8. The largest absolute Gasteiger partial charge is 0.480 e. The molecule has 1 unspecified atom stereocenters. The van der Waals surface area contributed by atoms with Crippen LogP contribution in [0.15, 0.2) is 23.1 Å². The van der Waals surface area contributed by atoms with Crippen molar-refractivity contribution in [2.75, 3.05) is 26.2 Å². The van der Waals surface area contributed by atoms with Gasteiger partial charge in [-0.05, 0) is 43.5 Å². The van der Waals surface area contributed by atoms with Crippen LogP contribution in [0.2, 0.25) is 10.0 Å². The van der Waals surface area contributed by atoms with Gasteiger partial charge in [-0.2, -0.15) is 4.31 Å². The fraction of sp³-hybridized carbons (Fsp3) is 0.500. The fourth-order valence-electron chi connectivity index (χ4n) is 2.61. The van der Waals surface area contributed by atoms with Crippen molar-refractivity contribution < 1.29 is 18.3 Å². The van der Waals surface area contributed by atoms with Crippen molar-refractivity contribution in [2.45, 2.75) is 17.7 Å². The molecule has 1 heterocycles. The number of carbonyl (C=O) groups is 1. The summed E-state index contributed by atoms with van der Waals surface area (Å²) in [6.07, 6.45) is 1.57. The second-order valence-electron chi connectivity index (χ2n) is 5.47. The van der Waals surface area contributed by atoms with Crippen LogP contribution in [0.5, 0.6) is 0 Å². The molecule has 136 valence electrons. The summed E-state index contributed by atoms with van der Waals surface area (Å²) < 4.78 is 26.9. The summed E-state index contributed by atoms with van der Waals surface area (Å²) in [5, 5.41) is 11.9. The van der Waals surface area contributed by atoms with Crippen LogP contribution >= 0.6 is 35.6 Å². The molecule has 1 aliphatic heterocycles. The lowest BCUT2D eigenvalue weighted by atomic mass is 10.00. The number of piperidine rings is 1. The molecular formula is C14H19Cl3N2O4S. The summed E-state index contributed by atoms with van der Waals surface area (Å²) in [5.74, 6) is -0.869. The number of benzene rings is 1. The molecule has 2 rings (SSSR count). The van der Waals surface area contributed by atoms with Gasteiger partial charge >= 0.3 is 5.97 Å². The van der Waals surface area contributed by atoms with E-state index in [1.807, 2.05) is 0 Å². The quantitative estimate of drug-likeness (QED) is 0.742. The number of nitrogens with one attached hydrogen (secondary N) is 1. The number of hydrogen-bond acceptors (Lipinski definition) is 4. The molecule has 1 aliphatic rings. The number of rotatable bonds is 6. The van der Waals surface area contributed by atoms with Crippen LogP contribution in [0.4, 0.5) is 0 Å². The number of sulfonamides is 1. The van der Waals surface area contributed by atoms with E-state index in [0.29, 0.717) is 24.7 Å². The van der Waals surface area contributed by atoms with Gasteiger partial charge in [-0.25, -0.2) is 8.42 Å². The summed E-state index contributed by atoms with van der Waals surface area (Å²) in [4.78, 5) is 10.5. The number of carboxylic acid groups (broad SMARTS) is 1. The number of carboxylic acids is 1. The van der Waals surface area contributed by atoms with Crippen molar-refractivity contribution in [1.29, 1.82) is 0 Å². The summed E-state index contributed by atoms with van der Waals surface area (Å²) in [5.41, 5.74) is 0. The molecule has 1 aromatic carbocycles. The second-order valence-corrected chi connectivity index (χ2v) is 8.22. The van der Waals surface area contributed by atoms with E-state index in [1.54, 1.807) is 0 Å². The van der Waals surface area contributed by atoms with Crippen molar-refractivity contribution in [3.05, 3.63) is 28.2 Å².